The van der Waals surface area contributed by atoms with Crippen LogP contribution in [0.2, 0.25) is 0 Å². The lowest BCUT2D eigenvalue weighted by Gasteiger charge is -2.27. The smallest absolute Gasteiger partial charge is 0.258 e. The number of nitrogens with zero attached hydrogens (tertiary/aromatic N) is 2. The molecule has 0 spiro atoms. The van der Waals surface area contributed by atoms with Gasteiger partial charge in [-0.3, -0.25) is 9.78 Å². The lowest BCUT2D eigenvalue weighted by atomic mass is 10.1. The van der Waals surface area contributed by atoms with Gasteiger partial charge in [-0.25, -0.2) is 4.39 Å². The summed E-state index contributed by atoms with van der Waals surface area (Å²) >= 11 is 3.25. The van der Waals surface area contributed by atoms with E-state index in [-0.39, 0.29) is 17.5 Å². The van der Waals surface area contributed by atoms with Crippen LogP contribution in [0.3, 0.4) is 0 Å². The quantitative estimate of drug-likeness (QED) is 0.833. The summed E-state index contributed by atoms with van der Waals surface area (Å²) in [4.78, 5) is 18.3. The van der Waals surface area contributed by atoms with Crippen LogP contribution in [0.5, 0.6) is 0 Å². The molecule has 3 nitrogen and oxygen atoms in total. The third kappa shape index (κ3) is 3.67. The van der Waals surface area contributed by atoms with Gasteiger partial charge in [0.2, 0.25) is 0 Å². The van der Waals surface area contributed by atoms with Crippen LogP contribution >= 0.6 is 15.9 Å². The van der Waals surface area contributed by atoms with Gasteiger partial charge in [0.05, 0.1) is 5.56 Å². The number of rotatable bonds is 4. The van der Waals surface area contributed by atoms with Gasteiger partial charge in [-0.15, -0.1) is 0 Å². The second-order valence-electron chi connectivity index (χ2n) is 4.98. The van der Waals surface area contributed by atoms with Crippen molar-refractivity contribution in [2.24, 2.45) is 0 Å². The van der Waals surface area contributed by atoms with E-state index in [1.807, 2.05) is 26.0 Å². The van der Waals surface area contributed by atoms with E-state index < -0.39 is 5.82 Å². The lowest BCUT2D eigenvalue weighted by Crippen LogP contribution is -2.37. The molecule has 0 aliphatic carbocycles. The monoisotopic (exact) mass is 350 g/mol. The zero-order valence-corrected chi connectivity index (χ0v) is 13.5. The number of hydrogen-bond acceptors (Lipinski definition) is 2. The first kappa shape index (κ1) is 15.6. The Balaban J connectivity index is 2.32. The molecular weight excluding hydrogens is 335 g/mol. The topological polar surface area (TPSA) is 33.2 Å². The van der Waals surface area contributed by atoms with Crippen molar-refractivity contribution in [3.8, 4) is 0 Å². The highest BCUT2D eigenvalue weighted by atomic mass is 79.9. The Morgan fingerprint density at radius 1 is 1.33 bits per heavy atom. The Bertz CT molecular complexity index is 611. The summed E-state index contributed by atoms with van der Waals surface area (Å²) < 4.78 is 14.4. The molecule has 0 saturated heterocycles. The maximum atomic E-state index is 14.0. The molecule has 1 aromatic carbocycles. The summed E-state index contributed by atoms with van der Waals surface area (Å²) in [5.74, 6) is -0.856. The van der Waals surface area contributed by atoms with Gasteiger partial charge >= 0.3 is 0 Å². The number of carbonyl (C=O) groups excluding carboxylic acids is 1. The summed E-state index contributed by atoms with van der Waals surface area (Å²) in [7, 11) is 0. The molecule has 0 radical (unpaired) electrons. The molecule has 0 aliphatic heterocycles. The van der Waals surface area contributed by atoms with Crippen LogP contribution in [-0.2, 0) is 6.54 Å². The zero-order valence-electron chi connectivity index (χ0n) is 11.9. The number of pyridine rings is 1. The van der Waals surface area contributed by atoms with E-state index in [0.29, 0.717) is 11.0 Å². The third-order valence-corrected chi connectivity index (χ3v) is 3.80. The number of aromatic nitrogens is 1. The van der Waals surface area contributed by atoms with E-state index >= 15 is 0 Å². The van der Waals surface area contributed by atoms with Gasteiger partial charge in [-0.1, -0.05) is 12.1 Å². The van der Waals surface area contributed by atoms with Crippen molar-refractivity contribution < 1.29 is 9.18 Å². The average molecular weight is 351 g/mol. The Morgan fingerprint density at radius 3 is 2.67 bits per heavy atom. The second kappa shape index (κ2) is 6.80. The molecule has 110 valence electrons. The first-order valence-corrected chi connectivity index (χ1v) is 7.44. The fourth-order valence-corrected chi connectivity index (χ4v) is 2.53. The maximum absolute atomic E-state index is 14.0. The Kier molecular flexibility index (Phi) is 5.07. The van der Waals surface area contributed by atoms with Gasteiger partial charge < -0.3 is 4.90 Å². The highest BCUT2D eigenvalue weighted by Gasteiger charge is 2.24. The van der Waals surface area contributed by atoms with Crippen LogP contribution in [0.25, 0.3) is 0 Å². The SMILES string of the molecule is CC(C)N(Cc1cccnc1)C(=O)c1c(F)cccc1Br. The number of amides is 1. The first-order chi connectivity index (χ1) is 10.0. The summed E-state index contributed by atoms with van der Waals surface area (Å²) in [6.07, 6.45) is 3.39. The molecule has 0 unspecified atom stereocenters. The summed E-state index contributed by atoms with van der Waals surface area (Å²) in [5, 5.41) is 0. The molecule has 0 bridgehead atoms. The van der Waals surface area contributed by atoms with Crippen molar-refractivity contribution in [2.45, 2.75) is 26.4 Å². The molecule has 2 aromatic rings. The predicted octanol–water partition coefficient (Wildman–Crippen LogP) is 4.03. The van der Waals surface area contributed by atoms with E-state index in [4.69, 9.17) is 0 Å². The van der Waals surface area contributed by atoms with Gasteiger partial charge in [-0.2, -0.15) is 0 Å². The number of carbonyl (C=O) groups is 1. The van der Waals surface area contributed by atoms with Gasteiger partial charge in [-0.05, 0) is 53.5 Å². The molecule has 0 fully saturated rings. The van der Waals surface area contributed by atoms with Crippen molar-refractivity contribution in [2.75, 3.05) is 0 Å². The maximum Gasteiger partial charge on any atom is 0.258 e. The molecular formula is C16H16BrFN2O. The second-order valence-corrected chi connectivity index (χ2v) is 5.84. The predicted molar refractivity (Wildman–Crippen MR) is 83.3 cm³/mol. The minimum Gasteiger partial charge on any atom is -0.332 e. The fraction of sp³-hybridized carbons (Fsp3) is 0.250. The van der Waals surface area contributed by atoms with Crippen LogP contribution in [0, 0.1) is 5.82 Å². The summed E-state index contributed by atoms with van der Waals surface area (Å²) in [6.45, 7) is 4.21. The minimum absolute atomic E-state index is 0.0517. The van der Waals surface area contributed by atoms with Crippen LogP contribution in [0.4, 0.5) is 4.39 Å². The molecule has 2 rings (SSSR count). The summed E-state index contributed by atoms with van der Waals surface area (Å²) in [5.41, 5.74) is 0.974. The van der Waals surface area contributed by atoms with Crippen molar-refractivity contribution >= 4 is 21.8 Å². The number of hydrogen-bond donors (Lipinski definition) is 0. The fourth-order valence-electron chi connectivity index (χ4n) is 2.02. The largest absolute Gasteiger partial charge is 0.332 e. The standard InChI is InChI=1S/C16H16BrFN2O/c1-11(2)20(10-12-5-4-8-19-9-12)16(21)15-13(17)6-3-7-14(15)18/h3-9,11H,10H2,1-2H3. The molecule has 21 heavy (non-hydrogen) atoms. The molecule has 0 atom stereocenters. The highest BCUT2D eigenvalue weighted by molar-refractivity contribution is 9.10. The molecule has 5 heteroatoms. The number of halogens is 2. The van der Waals surface area contributed by atoms with E-state index in [0.717, 1.165) is 5.56 Å². The van der Waals surface area contributed by atoms with E-state index in [2.05, 4.69) is 20.9 Å². The summed E-state index contributed by atoms with van der Waals surface area (Å²) in [6, 6.07) is 8.18. The molecule has 1 amide bonds. The van der Waals surface area contributed by atoms with Crippen molar-refractivity contribution in [1.82, 2.24) is 9.88 Å². The van der Waals surface area contributed by atoms with Gasteiger partial charge in [0.25, 0.3) is 5.91 Å². The lowest BCUT2D eigenvalue weighted by molar-refractivity contribution is 0.0684. The van der Waals surface area contributed by atoms with E-state index in [1.165, 1.54) is 6.07 Å². The molecule has 0 aliphatic rings. The molecule has 0 saturated carbocycles. The first-order valence-electron chi connectivity index (χ1n) is 6.64. The van der Waals surface area contributed by atoms with Crippen molar-refractivity contribution in [1.29, 1.82) is 0 Å². The van der Waals surface area contributed by atoms with Gasteiger partial charge in [0.15, 0.2) is 0 Å². The van der Waals surface area contributed by atoms with Crippen LogP contribution < -0.4 is 0 Å². The Labute approximate surface area is 131 Å². The van der Waals surface area contributed by atoms with Crippen LogP contribution in [-0.4, -0.2) is 21.8 Å². The number of benzene rings is 1. The highest BCUT2D eigenvalue weighted by Crippen LogP contribution is 2.23. The Hall–Kier alpha value is -1.75. The van der Waals surface area contributed by atoms with Crippen LogP contribution in [0.1, 0.15) is 29.8 Å². The van der Waals surface area contributed by atoms with Crippen LogP contribution in [0.15, 0.2) is 47.2 Å². The van der Waals surface area contributed by atoms with Gasteiger partial charge in [0, 0.05) is 29.5 Å². The zero-order chi connectivity index (χ0) is 15.4. The van der Waals surface area contributed by atoms with Gasteiger partial charge in [0.1, 0.15) is 5.82 Å². The third-order valence-electron chi connectivity index (χ3n) is 3.14. The minimum atomic E-state index is -0.522. The normalized spacial score (nSPS) is 10.7. The molecule has 0 N–H and O–H groups in total. The van der Waals surface area contributed by atoms with E-state index in [9.17, 15) is 9.18 Å². The average Bonchev–Trinajstić information content (AvgIpc) is 2.45. The Morgan fingerprint density at radius 2 is 2.10 bits per heavy atom. The van der Waals surface area contributed by atoms with E-state index in [1.54, 1.807) is 29.4 Å². The molecule has 1 heterocycles. The molecule has 1 aromatic heterocycles. The van der Waals surface area contributed by atoms with Crippen molar-refractivity contribution in [3.63, 3.8) is 0 Å². The van der Waals surface area contributed by atoms with Crippen molar-refractivity contribution in [3.05, 3.63) is 64.1 Å².